The predicted octanol–water partition coefficient (Wildman–Crippen LogP) is 3.70. The molecule has 0 saturated carbocycles. The third-order valence-corrected chi connectivity index (χ3v) is 4.80. The van der Waals surface area contributed by atoms with Crippen LogP contribution in [0.5, 0.6) is 5.75 Å². The Morgan fingerprint density at radius 2 is 2.41 bits per heavy atom. The van der Waals surface area contributed by atoms with Crippen LogP contribution in [-0.2, 0) is 0 Å². The molecule has 1 saturated heterocycles. The highest BCUT2D eigenvalue weighted by Gasteiger charge is 2.21. The lowest BCUT2D eigenvalue weighted by molar-refractivity contribution is 0.417. The van der Waals surface area contributed by atoms with Crippen LogP contribution in [-0.4, -0.2) is 22.7 Å². The summed E-state index contributed by atoms with van der Waals surface area (Å²) in [7, 11) is 0. The van der Waals surface area contributed by atoms with Crippen molar-refractivity contribution in [3.8, 4) is 5.75 Å². The van der Waals surface area contributed by atoms with Crippen LogP contribution in [0, 0.1) is 0 Å². The Bertz CT molecular complexity index is 380. The highest BCUT2D eigenvalue weighted by Crippen LogP contribution is 2.31. The van der Waals surface area contributed by atoms with Gasteiger partial charge in [0.15, 0.2) is 0 Å². The molecular formula is C13H18BrNOS. The summed E-state index contributed by atoms with van der Waals surface area (Å²) in [5, 5.41) is 13.6. The number of phenols is 1. The molecule has 1 aliphatic rings. The first-order valence-corrected chi connectivity index (χ1v) is 7.97. The lowest BCUT2D eigenvalue weighted by atomic mass is 10.0. The first-order valence-electron chi connectivity index (χ1n) is 6.03. The standard InChI is InChI=1S/C13H18BrNOS/c1-2-12(15-10-5-6-17-8-10)11-7-9(14)3-4-13(11)16/h3-4,7,10,12,15-16H,2,5-6,8H2,1H3. The Morgan fingerprint density at radius 3 is 3.06 bits per heavy atom. The number of hydrogen-bond acceptors (Lipinski definition) is 3. The molecule has 0 amide bonds. The third-order valence-electron chi connectivity index (χ3n) is 3.14. The molecule has 2 unspecified atom stereocenters. The van der Waals surface area contributed by atoms with E-state index in [1.54, 1.807) is 6.07 Å². The quantitative estimate of drug-likeness (QED) is 0.888. The SMILES string of the molecule is CCC(NC1CCSC1)c1cc(Br)ccc1O. The van der Waals surface area contributed by atoms with E-state index in [0.29, 0.717) is 11.8 Å². The Labute approximate surface area is 115 Å². The van der Waals surface area contributed by atoms with Gasteiger partial charge in [-0.25, -0.2) is 0 Å². The maximum absolute atomic E-state index is 9.94. The van der Waals surface area contributed by atoms with E-state index in [9.17, 15) is 5.11 Å². The fourth-order valence-electron chi connectivity index (χ4n) is 2.18. The van der Waals surface area contributed by atoms with E-state index in [1.165, 1.54) is 17.9 Å². The summed E-state index contributed by atoms with van der Waals surface area (Å²) in [6.07, 6.45) is 2.22. The van der Waals surface area contributed by atoms with Crippen molar-refractivity contribution in [3.05, 3.63) is 28.2 Å². The van der Waals surface area contributed by atoms with Gasteiger partial charge < -0.3 is 10.4 Å². The number of rotatable bonds is 4. The zero-order chi connectivity index (χ0) is 12.3. The van der Waals surface area contributed by atoms with Crippen LogP contribution < -0.4 is 5.32 Å². The van der Waals surface area contributed by atoms with Crippen molar-refractivity contribution in [1.82, 2.24) is 5.32 Å². The number of aromatic hydroxyl groups is 1. The smallest absolute Gasteiger partial charge is 0.120 e. The number of nitrogens with one attached hydrogen (secondary N) is 1. The van der Waals surface area contributed by atoms with Crippen LogP contribution in [0.4, 0.5) is 0 Å². The van der Waals surface area contributed by atoms with Crippen LogP contribution in [0.1, 0.15) is 31.4 Å². The molecule has 1 aromatic carbocycles. The van der Waals surface area contributed by atoms with Gasteiger partial charge in [-0.3, -0.25) is 0 Å². The van der Waals surface area contributed by atoms with Gasteiger partial charge in [-0.2, -0.15) is 11.8 Å². The second kappa shape index (κ2) is 6.12. The molecule has 0 aliphatic carbocycles. The van der Waals surface area contributed by atoms with E-state index >= 15 is 0 Å². The Kier molecular flexibility index (Phi) is 4.77. The molecule has 4 heteroatoms. The average molecular weight is 316 g/mol. The van der Waals surface area contributed by atoms with Gasteiger partial charge in [0, 0.05) is 27.9 Å². The molecule has 2 rings (SSSR count). The van der Waals surface area contributed by atoms with E-state index in [-0.39, 0.29) is 6.04 Å². The van der Waals surface area contributed by atoms with Gasteiger partial charge in [0.2, 0.25) is 0 Å². The van der Waals surface area contributed by atoms with Crippen molar-refractivity contribution >= 4 is 27.7 Å². The summed E-state index contributed by atoms with van der Waals surface area (Å²) < 4.78 is 1.02. The number of phenolic OH excluding ortho intramolecular Hbond substituents is 1. The van der Waals surface area contributed by atoms with Crippen molar-refractivity contribution in [1.29, 1.82) is 0 Å². The van der Waals surface area contributed by atoms with Crippen LogP contribution in [0.2, 0.25) is 0 Å². The molecule has 0 aromatic heterocycles. The molecule has 1 aliphatic heterocycles. The molecule has 17 heavy (non-hydrogen) atoms. The first-order chi connectivity index (χ1) is 8.20. The molecule has 1 aromatic rings. The zero-order valence-corrected chi connectivity index (χ0v) is 12.4. The monoisotopic (exact) mass is 315 g/mol. The van der Waals surface area contributed by atoms with Gasteiger partial charge in [0.1, 0.15) is 5.75 Å². The van der Waals surface area contributed by atoms with Crippen LogP contribution in [0.15, 0.2) is 22.7 Å². The zero-order valence-electron chi connectivity index (χ0n) is 9.95. The van der Waals surface area contributed by atoms with E-state index < -0.39 is 0 Å². The van der Waals surface area contributed by atoms with E-state index in [4.69, 9.17) is 0 Å². The molecule has 2 N–H and O–H groups in total. The van der Waals surface area contributed by atoms with Crippen LogP contribution in [0.3, 0.4) is 0 Å². The highest BCUT2D eigenvalue weighted by molar-refractivity contribution is 9.10. The maximum atomic E-state index is 9.94. The molecule has 0 spiro atoms. The van der Waals surface area contributed by atoms with Gasteiger partial charge in [-0.05, 0) is 36.8 Å². The minimum absolute atomic E-state index is 0.246. The number of hydrogen-bond donors (Lipinski definition) is 2. The summed E-state index contributed by atoms with van der Waals surface area (Å²) in [5.41, 5.74) is 0.999. The third kappa shape index (κ3) is 3.39. The Morgan fingerprint density at radius 1 is 1.59 bits per heavy atom. The number of benzene rings is 1. The lowest BCUT2D eigenvalue weighted by Crippen LogP contribution is -2.32. The minimum atomic E-state index is 0.246. The fraction of sp³-hybridized carbons (Fsp3) is 0.538. The van der Waals surface area contributed by atoms with Gasteiger partial charge in [0.05, 0.1) is 0 Å². The first kappa shape index (κ1) is 13.2. The largest absolute Gasteiger partial charge is 0.508 e. The summed E-state index contributed by atoms with van der Waals surface area (Å²) in [6.45, 7) is 2.15. The van der Waals surface area contributed by atoms with E-state index in [0.717, 1.165) is 16.5 Å². The maximum Gasteiger partial charge on any atom is 0.120 e. The summed E-state index contributed by atoms with van der Waals surface area (Å²) in [4.78, 5) is 0. The molecule has 0 radical (unpaired) electrons. The second-order valence-electron chi connectivity index (χ2n) is 4.39. The van der Waals surface area contributed by atoms with Crippen LogP contribution >= 0.6 is 27.7 Å². The van der Waals surface area contributed by atoms with Crippen molar-refractivity contribution in [3.63, 3.8) is 0 Å². The van der Waals surface area contributed by atoms with Gasteiger partial charge >= 0.3 is 0 Å². The number of thioether (sulfide) groups is 1. The summed E-state index contributed by atoms with van der Waals surface area (Å²) >= 11 is 5.47. The Hall–Kier alpha value is -0.190. The topological polar surface area (TPSA) is 32.3 Å². The molecule has 94 valence electrons. The van der Waals surface area contributed by atoms with E-state index in [2.05, 4.69) is 28.2 Å². The van der Waals surface area contributed by atoms with Crippen LogP contribution in [0.25, 0.3) is 0 Å². The van der Waals surface area contributed by atoms with E-state index in [1.807, 2.05) is 23.9 Å². The molecule has 1 fully saturated rings. The van der Waals surface area contributed by atoms with Crippen molar-refractivity contribution in [2.45, 2.75) is 31.8 Å². The highest BCUT2D eigenvalue weighted by atomic mass is 79.9. The average Bonchev–Trinajstić information content (AvgIpc) is 2.82. The minimum Gasteiger partial charge on any atom is -0.508 e. The summed E-state index contributed by atoms with van der Waals surface area (Å²) in [5.74, 6) is 2.82. The van der Waals surface area contributed by atoms with Crippen molar-refractivity contribution in [2.24, 2.45) is 0 Å². The number of halogens is 1. The second-order valence-corrected chi connectivity index (χ2v) is 6.46. The van der Waals surface area contributed by atoms with Crippen molar-refractivity contribution in [2.75, 3.05) is 11.5 Å². The molecule has 1 heterocycles. The predicted molar refractivity (Wildman–Crippen MR) is 77.7 cm³/mol. The van der Waals surface area contributed by atoms with Crippen molar-refractivity contribution < 1.29 is 5.11 Å². The van der Waals surface area contributed by atoms with Gasteiger partial charge in [-0.1, -0.05) is 22.9 Å². The molecular weight excluding hydrogens is 298 g/mol. The molecule has 2 atom stereocenters. The van der Waals surface area contributed by atoms with Gasteiger partial charge in [-0.15, -0.1) is 0 Å². The fourth-order valence-corrected chi connectivity index (χ4v) is 3.73. The normalized spacial score (nSPS) is 21.6. The molecule has 2 nitrogen and oxygen atoms in total. The lowest BCUT2D eigenvalue weighted by Gasteiger charge is -2.22. The summed E-state index contributed by atoms with van der Waals surface area (Å²) in [6, 6.07) is 6.47. The molecule has 0 bridgehead atoms. The Balaban J connectivity index is 2.13. The van der Waals surface area contributed by atoms with Gasteiger partial charge in [0.25, 0.3) is 0 Å².